The highest BCUT2D eigenvalue weighted by atomic mass is 16.1. The number of nitrogens with zero attached hydrogens (tertiary/aromatic N) is 3. The van der Waals surface area contributed by atoms with Crippen molar-refractivity contribution in [3.63, 3.8) is 0 Å². The fourth-order valence-electron chi connectivity index (χ4n) is 1.67. The molecule has 0 unspecified atom stereocenters. The summed E-state index contributed by atoms with van der Waals surface area (Å²) < 4.78 is 0. The van der Waals surface area contributed by atoms with Crippen LogP contribution in [0.4, 0.5) is 5.82 Å². The van der Waals surface area contributed by atoms with Gasteiger partial charge in [0.15, 0.2) is 0 Å². The van der Waals surface area contributed by atoms with Crippen LogP contribution in [0, 0.1) is 17.2 Å². The van der Waals surface area contributed by atoms with Gasteiger partial charge in [0.1, 0.15) is 11.9 Å². The number of carbonyl (C=O) groups excluding carboxylic acids is 1. The lowest BCUT2D eigenvalue weighted by atomic mass is 9.99. The van der Waals surface area contributed by atoms with Gasteiger partial charge >= 0.3 is 0 Å². The van der Waals surface area contributed by atoms with Gasteiger partial charge in [-0.3, -0.25) is 4.79 Å². The Morgan fingerprint density at radius 1 is 1.62 bits per heavy atom. The van der Waals surface area contributed by atoms with E-state index in [1.54, 1.807) is 25.4 Å². The molecule has 1 saturated heterocycles. The molecule has 1 fully saturated rings. The van der Waals surface area contributed by atoms with Gasteiger partial charge in [-0.25, -0.2) is 4.98 Å². The summed E-state index contributed by atoms with van der Waals surface area (Å²) in [7, 11) is 1.64. The molecule has 1 amide bonds. The summed E-state index contributed by atoms with van der Waals surface area (Å²) in [6.07, 6.45) is 1.54. The number of rotatable bonds is 2. The molecule has 1 aromatic rings. The Labute approximate surface area is 93.7 Å². The first kappa shape index (κ1) is 10.4. The van der Waals surface area contributed by atoms with Gasteiger partial charge in [-0.05, 0) is 12.1 Å². The number of anilines is 1. The number of aromatic nitrogens is 1. The summed E-state index contributed by atoms with van der Waals surface area (Å²) in [4.78, 5) is 17.4. The second-order valence-electron chi connectivity index (χ2n) is 3.73. The molecule has 0 atom stereocenters. The quantitative estimate of drug-likeness (QED) is 0.763. The molecule has 0 saturated carbocycles. The van der Waals surface area contributed by atoms with Gasteiger partial charge in [0, 0.05) is 26.3 Å². The van der Waals surface area contributed by atoms with Crippen LogP contribution >= 0.6 is 0 Å². The van der Waals surface area contributed by atoms with Gasteiger partial charge in [0.25, 0.3) is 0 Å². The van der Waals surface area contributed by atoms with Crippen molar-refractivity contribution < 1.29 is 4.79 Å². The van der Waals surface area contributed by atoms with E-state index in [2.05, 4.69) is 10.3 Å². The molecule has 16 heavy (non-hydrogen) atoms. The summed E-state index contributed by atoms with van der Waals surface area (Å²) in [5.41, 5.74) is 0.548. The van der Waals surface area contributed by atoms with Crippen molar-refractivity contribution >= 4 is 11.7 Å². The number of nitriles is 1. The van der Waals surface area contributed by atoms with Crippen LogP contribution < -0.4 is 10.2 Å². The molecule has 2 heterocycles. The number of hydrogen-bond acceptors (Lipinski definition) is 4. The highest BCUT2D eigenvalue weighted by Crippen LogP contribution is 2.22. The monoisotopic (exact) mass is 216 g/mol. The lowest BCUT2D eigenvalue weighted by Crippen LogP contribution is -2.53. The average molecular weight is 216 g/mol. The van der Waals surface area contributed by atoms with E-state index in [9.17, 15) is 4.79 Å². The molecule has 5 nitrogen and oxygen atoms in total. The minimum atomic E-state index is 0.0578. The van der Waals surface area contributed by atoms with E-state index in [1.807, 2.05) is 11.0 Å². The largest absolute Gasteiger partial charge is 0.359 e. The third-order valence-corrected chi connectivity index (χ3v) is 2.70. The third-order valence-electron chi connectivity index (χ3n) is 2.70. The summed E-state index contributed by atoms with van der Waals surface area (Å²) >= 11 is 0. The molecule has 0 aliphatic carbocycles. The Morgan fingerprint density at radius 3 is 2.88 bits per heavy atom. The zero-order chi connectivity index (χ0) is 11.5. The van der Waals surface area contributed by atoms with Crippen molar-refractivity contribution in [2.75, 3.05) is 25.0 Å². The van der Waals surface area contributed by atoms with Crippen molar-refractivity contribution in [1.82, 2.24) is 10.3 Å². The van der Waals surface area contributed by atoms with Crippen LogP contribution in [0.15, 0.2) is 18.3 Å². The van der Waals surface area contributed by atoms with Crippen LogP contribution in [0.2, 0.25) is 0 Å². The van der Waals surface area contributed by atoms with E-state index in [1.165, 1.54) is 0 Å². The van der Waals surface area contributed by atoms with E-state index in [4.69, 9.17) is 5.26 Å². The van der Waals surface area contributed by atoms with Crippen molar-refractivity contribution in [3.8, 4) is 6.07 Å². The van der Waals surface area contributed by atoms with Gasteiger partial charge in [0.2, 0.25) is 5.91 Å². The Morgan fingerprint density at radius 2 is 2.38 bits per heavy atom. The minimum Gasteiger partial charge on any atom is -0.359 e. The third kappa shape index (κ3) is 1.82. The Hall–Kier alpha value is -2.09. The van der Waals surface area contributed by atoms with Gasteiger partial charge in [-0.2, -0.15) is 5.26 Å². The zero-order valence-electron chi connectivity index (χ0n) is 8.97. The van der Waals surface area contributed by atoms with Crippen molar-refractivity contribution in [3.05, 3.63) is 23.9 Å². The first-order valence-electron chi connectivity index (χ1n) is 5.07. The predicted molar refractivity (Wildman–Crippen MR) is 58.7 cm³/mol. The number of hydrogen-bond donors (Lipinski definition) is 1. The topological polar surface area (TPSA) is 69.0 Å². The van der Waals surface area contributed by atoms with Gasteiger partial charge < -0.3 is 10.2 Å². The highest BCUT2D eigenvalue weighted by molar-refractivity contribution is 5.81. The van der Waals surface area contributed by atoms with Gasteiger partial charge in [0.05, 0.1) is 11.5 Å². The maximum atomic E-state index is 11.3. The molecule has 2 rings (SSSR count). The van der Waals surface area contributed by atoms with Crippen LogP contribution in [0.1, 0.15) is 5.56 Å². The fraction of sp³-hybridized carbons (Fsp3) is 0.364. The van der Waals surface area contributed by atoms with E-state index in [0.717, 1.165) is 5.82 Å². The molecular formula is C11H12N4O. The second kappa shape index (κ2) is 4.19. The van der Waals surface area contributed by atoms with Gasteiger partial charge in [-0.1, -0.05) is 0 Å². The Kier molecular flexibility index (Phi) is 2.73. The summed E-state index contributed by atoms with van der Waals surface area (Å²) in [5, 5.41) is 11.3. The molecule has 1 N–H and O–H groups in total. The summed E-state index contributed by atoms with van der Waals surface area (Å²) in [6, 6.07) is 5.56. The molecule has 0 aromatic carbocycles. The number of amides is 1. The zero-order valence-corrected chi connectivity index (χ0v) is 8.97. The van der Waals surface area contributed by atoms with Crippen LogP contribution in [-0.2, 0) is 4.79 Å². The molecule has 1 aliphatic heterocycles. The van der Waals surface area contributed by atoms with Crippen LogP contribution in [0.5, 0.6) is 0 Å². The minimum absolute atomic E-state index is 0.0578. The van der Waals surface area contributed by atoms with E-state index < -0.39 is 0 Å². The number of nitrogens with one attached hydrogen (secondary N) is 1. The van der Waals surface area contributed by atoms with E-state index in [-0.39, 0.29) is 11.8 Å². The molecule has 5 heteroatoms. The highest BCUT2D eigenvalue weighted by Gasteiger charge is 2.32. The van der Waals surface area contributed by atoms with E-state index >= 15 is 0 Å². The SMILES string of the molecule is CNC(=O)C1CN(c2ccc(C#N)cn2)C1. The molecule has 1 aromatic heterocycles. The number of carbonyl (C=O) groups is 1. The molecule has 1 aliphatic rings. The van der Waals surface area contributed by atoms with Crippen LogP contribution in [-0.4, -0.2) is 31.0 Å². The van der Waals surface area contributed by atoms with Crippen molar-refractivity contribution in [2.45, 2.75) is 0 Å². The average Bonchev–Trinajstić information content (AvgIpc) is 2.27. The first-order chi connectivity index (χ1) is 7.74. The predicted octanol–water partition coefficient (Wildman–Crippen LogP) is 0.135. The van der Waals surface area contributed by atoms with E-state index in [0.29, 0.717) is 18.7 Å². The van der Waals surface area contributed by atoms with Crippen molar-refractivity contribution in [2.24, 2.45) is 5.92 Å². The van der Waals surface area contributed by atoms with Crippen LogP contribution in [0.3, 0.4) is 0 Å². The molecule has 82 valence electrons. The second-order valence-corrected chi connectivity index (χ2v) is 3.73. The maximum Gasteiger partial charge on any atom is 0.226 e. The Balaban J connectivity index is 1.97. The maximum absolute atomic E-state index is 11.3. The molecule has 0 spiro atoms. The lowest BCUT2D eigenvalue weighted by Gasteiger charge is -2.38. The number of pyridine rings is 1. The summed E-state index contributed by atoms with van der Waals surface area (Å²) in [5.74, 6) is 0.950. The van der Waals surface area contributed by atoms with Gasteiger partial charge in [-0.15, -0.1) is 0 Å². The Bertz CT molecular complexity index is 428. The van der Waals surface area contributed by atoms with Crippen LogP contribution in [0.25, 0.3) is 0 Å². The molecule has 0 bridgehead atoms. The standard InChI is InChI=1S/C11H12N4O/c1-13-11(16)9-6-15(7-9)10-3-2-8(4-12)5-14-10/h2-3,5,9H,6-7H2,1H3,(H,13,16). The normalized spacial score (nSPS) is 15.1. The smallest absolute Gasteiger partial charge is 0.226 e. The lowest BCUT2D eigenvalue weighted by molar-refractivity contribution is -0.125. The molecular weight excluding hydrogens is 204 g/mol. The summed E-state index contributed by atoms with van der Waals surface area (Å²) in [6.45, 7) is 1.39. The molecule has 0 radical (unpaired) electrons. The first-order valence-corrected chi connectivity index (χ1v) is 5.07. The fourth-order valence-corrected chi connectivity index (χ4v) is 1.67. The van der Waals surface area contributed by atoms with Crippen molar-refractivity contribution in [1.29, 1.82) is 5.26 Å².